The van der Waals surface area contributed by atoms with Gasteiger partial charge in [-0.2, -0.15) is 0 Å². The van der Waals surface area contributed by atoms with E-state index < -0.39 is 0 Å². The second kappa shape index (κ2) is 6.89. The van der Waals surface area contributed by atoms with Crippen molar-refractivity contribution >= 4 is 11.0 Å². The van der Waals surface area contributed by atoms with Crippen LogP contribution in [0.5, 0.6) is 0 Å². The van der Waals surface area contributed by atoms with Crippen LogP contribution in [-0.2, 0) is 6.42 Å². The molecule has 1 atom stereocenters. The van der Waals surface area contributed by atoms with Crippen LogP contribution in [0.4, 0.5) is 0 Å². The molecule has 0 bridgehead atoms. The number of aromatic nitrogens is 2. The smallest absolute Gasteiger partial charge is 0.107 e. The van der Waals surface area contributed by atoms with Crippen molar-refractivity contribution in [3.8, 4) is 0 Å². The first-order valence-corrected chi connectivity index (χ1v) is 7.80. The molecule has 0 spiro atoms. The van der Waals surface area contributed by atoms with Crippen molar-refractivity contribution in [3.05, 3.63) is 29.1 Å². The van der Waals surface area contributed by atoms with E-state index in [4.69, 9.17) is 10.7 Å². The van der Waals surface area contributed by atoms with E-state index in [0.717, 1.165) is 42.2 Å². The minimum atomic E-state index is 0.738. The van der Waals surface area contributed by atoms with E-state index >= 15 is 0 Å². The van der Waals surface area contributed by atoms with Crippen LogP contribution in [0.25, 0.3) is 11.0 Å². The Hall–Kier alpha value is -1.35. The summed E-state index contributed by atoms with van der Waals surface area (Å²) in [6, 6.07) is 4.37. The zero-order chi connectivity index (χ0) is 14.5. The summed E-state index contributed by atoms with van der Waals surface area (Å²) < 4.78 is 0. The summed E-state index contributed by atoms with van der Waals surface area (Å²) in [5.41, 5.74) is 10.6. The molecule has 1 heterocycles. The van der Waals surface area contributed by atoms with Crippen LogP contribution in [0.15, 0.2) is 12.1 Å². The Bertz CT molecular complexity index is 512. The van der Waals surface area contributed by atoms with E-state index in [2.05, 4.69) is 37.9 Å². The van der Waals surface area contributed by atoms with Crippen LogP contribution >= 0.6 is 0 Å². The molecule has 0 saturated heterocycles. The summed E-state index contributed by atoms with van der Waals surface area (Å²) in [5.74, 6) is 1.85. The number of fused-ring (bicyclic) bond motifs is 1. The number of nitrogens with zero attached hydrogens (tertiary/aromatic N) is 1. The summed E-state index contributed by atoms with van der Waals surface area (Å²) in [6.07, 6.45) is 5.85. The van der Waals surface area contributed by atoms with Crippen molar-refractivity contribution in [3.63, 3.8) is 0 Å². The second-order valence-electron chi connectivity index (χ2n) is 5.91. The molecule has 0 aliphatic carbocycles. The van der Waals surface area contributed by atoms with Gasteiger partial charge in [-0.3, -0.25) is 0 Å². The molecule has 1 unspecified atom stereocenters. The first-order chi connectivity index (χ1) is 9.63. The largest absolute Gasteiger partial charge is 0.342 e. The Kier molecular flexibility index (Phi) is 5.18. The molecule has 0 fully saturated rings. The fourth-order valence-corrected chi connectivity index (χ4v) is 2.86. The van der Waals surface area contributed by atoms with Crippen LogP contribution in [0.3, 0.4) is 0 Å². The van der Waals surface area contributed by atoms with Crippen LogP contribution in [-0.4, -0.2) is 16.5 Å². The summed E-state index contributed by atoms with van der Waals surface area (Å²) in [7, 11) is 0. The number of benzene rings is 1. The van der Waals surface area contributed by atoms with Gasteiger partial charge in [-0.1, -0.05) is 19.8 Å². The number of nitrogens with one attached hydrogen (secondary N) is 1. The van der Waals surface area contributed by atoms with E-state index in [-0.39, 0.29) is 0 Å². The first-order valence-electron chi connectivity index (χ1n) is 7.80. The predicted molar refractivity (Wildman–Crippen MR) is 86.0 cm³/mol. The summed E-state index contributed by atoms with van der Waals surface area (Å²) in [5, 5.41) is 0. The number of rotatable bonds is 7. The van der Waals surface area contributed by atoms with E-state index in [1.807, 2.05) is 0 Å². The fraction of sp³-hybridized carbons (Fsp3) is 0.588. The number of hydrogen-bond donors (Lipinski definition) is 2. The zero-order valence-corrected chi connectivity index (χ0v) is 13.0. The van der Waals surface area contributed by atoms with E-state index in [0.29, 0.717) is 0 Å². The van der Waals surface area contributed by atoms with Crippen molar-refractivity contribution in [2.75, 3.05) is 6.54 Å². The van der Waals surface area contributed by atoms with Crippen LogP contribution < -0.4 is 5.73 Å². The Balaban J connectivity index is 2.06. The van der Waals surface area contributed by atoms with Crippen molar-refractivity contribution in [1.82, 2.24) is 9.97 Å². The molecule has 3 nitrogen and oxygen atoms in total. The maximum atomic E-state index is 5.70. The minimum Gasteiger partial charge on any atom is -0.342 e. The van der Waals surface area contributed by atoms with E-state index in [9.17, 15) is 0 Å². The van der Waals surface area contributed by atoms with Gasteiger partial charge < -0.3 is 10.7 Å². The maximum Gasteiger partial charge on any atom is 0.107 e. The van der Waals surface area contributed by atoms with Crippen molar-refractivity contribution < 1.29 is 0 Å². The molecule has 1 aromatic heterocycles. The van der Waals surface area contributed by atoms with Gasteiger partial charge in [0, 0.05) is 6.42 Å². The zero-order valence-electron chi connectivity index (χ0n) is 13.0. The molecule has 1 aromatic carbocycles. The quantitative estimate of drug-likeness (QED) is 0.804. The Morgan fingerprint density at radius 3 is 2.60 bits per heavy atom. The molecule has 20 heavy (non-hydrogen) atoms. The normalized spacial score (nSPS) is 13.0. The SMILES string of the molecule is CCCC(CCN)CCc1nc2cc(C)c(C)cc2[nH]1. The third-order valence-corrected chi connectivity index (χ3v) is 4.21. The molecule has 3 N–H and O–H groups in total. The summed E-state index contributed by atoms with van der Waals surface area (Å²) >= 11 is 0. The number of H-pyrrole nitrogens is 1. The summed E-state index contributed by atoms with van der Waals surface area (Å²) in [4.78, 5) is 8.18. The molecule has 3 heteroatoms. The average Bonchev–Trinajstić information content (AvgIpc) is 2.79. The molecular formula is C17H27N3. The second-order valence-corrected chi connectivity index (χ2v) is 5.91. The topological polar surface area (TPSA) is 54.7 Å². The van der Waals surface area contributed by atoms with Gasteiger partial charge in [0.15, 0.2) is 0 Å². The monoisotopic (exact) mass is 273 g/mol. The lowest BCUT2D eigenvalue weighted by atomic mass is 9.94. The highest BCUT2D eigenvalue weighted by Crippen LogP contribution is 2.20. The molecule has 0 radical (unpaired) electrons. The lowest BCUT2D eigenvalue weighted by Crippen LogP contribution is -2.10. The van der Waals surface area contributed by atoms with Gasteiger partial charge in [-0.15, -0.1) is 0 Å². The number of aromatic amines is 1. The number of imidazole rings is 1. The minimum absolute atomic E-state index is 0.738. The highest BCUT2D eigenvalue weighted by Gasteiger charge is 2.10. The third-order valence-electron chi connectivity index (χ3n) is 4.21. The highest BCUT2D eigenvalue weighted by atomic mass is 14.9. The molecule has 0 amide bonds. The van der Waals surface area contributed by atoms with Crippen LogP contribution in [0, 0.1) is 19.8 Å². The standard InChI is InChI=1S/C17H27N3/c1-4-5-14(8-9-18)6-7-17-19-15-10-12(2)13(3)11-16(15)20-17/h10-11,14H,4-9,18H2,1-3H3,(H,19,20). The predicted octanol–water partition coefficient (Wildman–Crippen LogP) is 3.88. The van der Waals surface area contributed by atoms with Gasteiger partial charge in [-0.05, 0) is 62.4 Å². The van der Waals surface area contributed by atoms with Crippen molar-refractivity contribution in [2.45, 2.75) is 52.9 Å². The Morgan fingerprint density at radius 2 is 1.90 bits per heavy atom. The Morgan fingerprint density at radius 1 is 1.15 bits per heavy atom. The number of hydrogen-bond acceptors (Lipinski definition) is 2. The first kappa shape index (κ1) is 15.0. The van der Waals surface area contributed by atoms with Gasteiger partial charge in [0.05, 0.1) is 11.0 Å². The van der Waals surface area contributed by atoms with Crippen LogP contribution in [0.1, 0.15) is 49.6 Å². The Labute approximate surface area is 122 Å². The van der Waals surface area contributed by atoms with E-state index in [1.54, 1.807) is 0 Å². The fourth-order valence-electron chi connectivity index (χ4n) is 2.86. The molecule has 0 aliphatic heterocycles. The van der Waals surface area contributed by atoms with Crippen molar-refractivity contribution in [1.29, 1.82) is 0 Å². The average molecular weight is 273 g/mol. The molecule has 2 rings (SSSR count). The van der Waals surface area contributed by atoms with Gasteiger partial charge in [-0.25, -0.2) is 4.98 Å². The number of nitrogens with two attached hydrogens (primary N) is 1. The number of aryl methyl sites for hydroxylation is 3. The van der Waals surface area contributed by atoms with Gasteiger partial charge in [0.25, 0.3) is 0 Å². The van der Waals surface area contributed by atoms with Crippen molar-refractivity contribution in [2.24, 2.45) is 11.7 Å². The summed E-state index contributed by atoms with van der Waals surface area (Å²) in [6.45, 7) is 7.33. The van der Waals surface area contributed by atoms with Gasteiger partial charge in [0.1, 0.15) is 5.82 Å². The molecular weight excluding hydrogens is 246 g/mol. The van der Waals surface area contributed by atoms with Crippen LogP contribution in [0.2, 0.25) is 0 Å². The highest BCUT2D eigenvalue weighted by molar-refractivity contribution is 5.77. The lowest BCUT2D eigenvalue weighted by Gasteiger charge is -2.13. The molecule has 0 saturated carbocycles. The van der Waals surface area contributed by atoms with Gasteiger partial charge in [0.2, 0.25) is 0 Å². The third kappa shape index (κ3) is 3.60. The van der Waals surface area contributed by atoms with Gasteiger partial charge >= 0.3 is 0 Å². The molecule has 110 valence electrons. The molecule has 0 aliphatic rings. The van der Waals surface area contributed by atoms with E-state index in [1.165, 1.54) is 30.4 Å². The molecule has 2 aromatic rings. The maximum absolute atomic E-state index is 5.70. The lowest BCUT2D eigenvalue weighted by molar-refractivity contribution is 0.418.